The average molecular weight is 443 g/mol. The fourth-order valence-corrected chi connectivity index (χ4v) is 5.09. The van der Waals surface area contributed by atoms with Crippen molar-refractivity contribution >= 4 is 49.8 Å². The number of aromatic nitrogens is 2. The zero-order chi connectivity index (χ0) is 20.7. The van der Waals surface area contributed by atoms with Crippen molar-refractivity contribution in [2.24, 2.45) is 0 Å². The molecule has 0 radical (unpaired) electrons. The Balaban J connectivity index is 1.92. The molecule has 1 N–H and O–H groups in total. The highest BCUT2D eigenvalue weighted by Crippen LogP contribution is 2.26. The summed E-state index contributed by atoms with van der Waals surface area (Å²) in [5.41, 5.74) is 2.75. The number of aryl methyl sites for hydroxylation is 2. The van der Waals surface area contributed by atoms with Crippen LogP contribution in [0.1, 0.15) is 37.3 Å². The van der Waals surface area contributed by atoms with E-state index in [-0.39, 0.29) is 18.9 Å². The molecule has 0 saturated heterocycles. The molecule has 1 heterocycles. The molecule has 28 heavy (non-hydrogen) atoms. The molecule has 0 saturated carbocycles. The van der Waals surface area contributed by atoms with E-state index in [4.69, 9.17) is 0 Å². The van der Waals surface area contributed by atoms with E-state index < -0.39 is 10.0 Å². The SMILES string of the molecule is CCCSc1nnc(NC(=O)CCCN(c2ccc(C)c(C)c2)S(C)(=O)=O)s1. The molecule has 0 bridgehead atoms. The van der Waals surface area contributed by atoms with Gasteiger partial charge in [0.25, 0.3) is 0 Å². The maximum absolute atomic E-state index is 12.2. The van der Waals surface area contributed by atoms with Crippen LogP contribution in [0.4, 0.5) is 10.8 Å². The standard InChI is InChI=1S/C18H26N4O3S3/c1-5-11-26-18-21-20-17(27-18)19-16(23)7-6-10-22(28(4,24)25)15-9-8-13(2)14(3)12-15/h8-9,12H,5-7,10-11H2,1-4H3,(H,19,20,23). The van der Waals surface area contributed by atoms with Crippen LogP contribution in [-0.2, 0) is 14.8 Å². The van der Waals surface area contributed by atoms with Crippen molar-refractivity contribution in [1.82, 2.24) is 10.2 Å². The quantitative estimate of drug-likeness (QED) is 0.444. The lowest BCUT2D eigenvalue weighted by atomic mass is 10.1. The zero-order valence-corrected chi connectivity index (χ0v) is 19.0. The number of rotatable bonds is 10. The van der Waals surface area contributed by atoms with Crippen LogP contribution in [0.2, 0.25) is 0 Å². The number of amides is 1. The van der Waals surface area contributed by atoms with Gasteiger partial charge in [-0.2, -0.15) is 0 Å². The lowest BCUT2D eigenvalue weighted by Crippen LogP contribution is -2.31. The maximum atomic E-state index is 12.2. The summed E-state index contributed by atoms with van der Waals surface area (Å²) in [7, 11) is -3.43. The predicted molar refractivity (Wildman–Crippen MR) is 117 cm³/mol. The topological polar surface area (TPSA) is 92.3 Å². The van der Waals surface area contributed by atoms with Crippen molar-refractivity contribution in [1.29, 1.82) is 0 Å². The van der Waals surface area contributed by atoms with Crippen LogP contribution >= 0.6 is 23.1 Å². The summed E-state index contributed by atoms with van der Waals surface area (Å²) in [4.78, 5) is 12.2. The van der Waals surface area contributed by atoms with Gasteiger partial charge in [-0.25, -0.2) is 8.42 Å². The summed E-state index contributed by atoms with van der Waals surface area (Å²) in [6, 6.07) is 5.55. The van der Waals surface area contributed by atoms with Crippen LogP contribution in [0.15, 0.2) is 22.5 Å². The Labute approximate surface area is 175 Å². The van der Waals surface area contributed by atoms with Crippen molar-refractivity contribution in [3.8, 4) is 0 Å². The third-order valence-electron chi connectivity index (χ3n) is 4.03. The molecule has 2 rings (SSSR count). The summed E-state index contributed by atoms with van der Waals surface area (Å²) in [5, 5.41) is 11.2. The van der Waals surface area contributed by atoms with Crippen LogP contribution < -0.4 is 9.62 Å². The smallest absolute Gasteiger partial charge is 0.232 e. The third-order valence-corrected chi connectivity index (χ3v) is 7.40. The van der Waals surface area contributed by atoms with E-state index in [1.54, 1.807) is 17.8 Å². The highest BCUT2D eigenvalue weighted by Gasteiger charge is 2.18. The number of anilines is 2. The van der Waals surface area contributed by atoms with E-state index in [9.17, 15) is 13.2 Å². The molecule has 2 aromatic rings. The summed E-state index contributed by atoms with van der Waals surface area (Å²) in [6.07, 6.45) is 2.83. The molecule has 10 heteroatoms. The third kappa shape index (κ3) is 6.75. The fraction of sp³-hybridized carbons (Fsp3) is 0.500. The van der Waals surface area contributed by atoms with Gasteiger partial charge in [-0.3, -0.25) is 9.10 Å². The normalized spacial score (nSPS) is 11.4. The molecule has 154 valence electrons. The molecule has 0 unspecified atom stereocenters. The van der Waals surface area contributed by atoms with Gasteiger partial charge in [0.1, 0.15) is 0 Å². The van der Waals surface area contributed by atoms with Crippen LogP contribution in [-0.4, -0.2) is 43.1 Å². The fourth-order valence-electron chi connectivity index (χ4n) is 2.44. The first-order valence-corrected chi connectivity index (χ1v) is 12.7. The Morgan fingerprint density at radius 1 is 1.25 bits per heavy atom. The second-order valence-electron chi connectivity index (χ2n) is 6.48. The molecule has 0 fully saturated rings. The molecule has 0 aliphatic carbocycles. The van der Waals surface area contributed by atoms with Gasteiger partial charge in [-0.1, -0.05) is 36.1 Å². The second-order valence-corrected chi connectivity index (χ2v) is 10.7. The van der Waals surface area contributed by atoms with Crippen molar-refractivity contribution in [3.05, 3.63) is 29.3 Å². The molecular weight excluding hydrogens is 416 g/mol. The molecule has 7 nitrogen and oxygen atoms in total. The van der Waals surface area contributed by atoms with E-state index in [2.05, 4.69) is 22.4 Å². The molecule has 1 amide bonds. The van der Waals surface area contributed by atoms with Gasteiger partial charge in [-0.15, -0.1) is 10.2 Å². The molecule has 1 aromatic heterocycles. The Kier molecular flexibility index (Phi) is 8.26. The Morgan fingerprint density at radius 2 is 2.00 bits per heavy atom. The van der Waals surface area contributed by atoms with Gasteiger partial charge in [0.2, 0.25) is 21.1 Å². The monoisotopic (exact) mass is 442 g/mol. The van der Waals surface area contributed by atoms with Crippen molar-refractivity contribution in [2.45, 2.75) is 44.4 Å². The minimum atomic E-state index is -3.43. The van der Waals surface area contributed by atoms with Crippen molar-refractivity contribution in [3.63, 3.8) is 0 Å². The van der Waals surface area contributed by atoms with Crippen molar-refractivity contribution in [2.75, 3.05) is 28.2 Å². The molecule has 0 aliphatic rings. The minimum Gasteiger partial charge on any atom is -0.301 e. The van der Waals surface area contributed by atoms with E-state index >= 15 is 0 Å². The van der Waals surface area contributed by atoms with E-state index in [0.29, 0.717) is 17.2 Å². The molecule has 0 spiro atoms. The minimum absolute atomic E-state index is 0.197. The van der Waals surface area contributed by atoms with E-state index in [1.807, 2.05) is 26.0 Å². The number of benzene rings is 1. The first kappa shape index (κ1) is 22.6. The Morgan fingerprint density at radius 3 is 2.64 bits per heavy atom. The van der Waals surface area contributed by atoms with E-state index in [0.717, 1.165) is 27.6 Å². The van der Waals surface area contributed by atoms with Crippen LogP contribution in [0.3, 0.4) is 0 Å². The lowest BCUT2D eigenvalue weighted by molar-refractivity contribution is -0.116. The van der Waals surface area contributed by atoms with Crippen LogP contribution in [0.25, 0.3) is 0 Å². The second kappa shape index (κ2) is 10.2. The van der Waals surface area contributed by atoms with Crippen LogP contribution in [0.5, 0.6) is 0 Å². The summed E-state index contributed by atoms with van der Waals surface area (Å²) >= 11 is 2.96. The number of hydrogen-bond donors (Lipinski definition) is 1. The summed E-state index contributed by atoms with van der Waals surface area (Å²) < 4.78 is 26.6. The van der Waals surface area contributed by atoms with Gasteiger partial charge in [0.15, 0.2) is 4.34 Å². The number of sulfonamides is 1. The number of thioether (sulfide) groups is 1. The summed E-state index contributed by atoms with van der Waals surface area (Å²) in [6.45, 7) is 6.26. The van der Waals surface area contributed by atoms with Crippen LogP contribution in [0, 0.1) is 13.8 Å². The lowest BCUT2D eigenvalue weighted by Gasteiger charge is -2.23. The Bertz CT molecular complexity index is 913. The zero-order valence-electron chi connectivity index (χ0n) is 16.6. The molecule has 0 atom stereocenters. The first-order valence-electron chi connectivity index (χ1n) is 9.02. The van der Waals surface area contributed by atoms with Gasteiger partial charge in [-0.05, 0) is 49.9 Å². The Hall–Kier alpha value is -1.65. The maximum Gasteiger partial charge on any atom is 0.232 e. The molecular formula is C18H26N4O3S3. The number of nitrogens with zero attached hydrogens (tertiary/aromatic N) is 3. The molecule has 0 aliphatic heterocycles. The average Bonchev–Trinajstić information content (AvgIpc) is 3.05. The number of carbonyl (C=O) groups excluding carboxylic acids is 1. The summed E-state index contributed by atoms with van der Waals surface area (Å²) in [5.74, 6) is 0.763. The number of hydrogen-bond acceptors (Lipinski definition) is 7. The molecule has 1 aromatic carbocycles. The largest absolute Gasteiger partial charge is 0.301 e. The number of nitrogens with one attached hydrogen (secondary N) is 1. The van der Waals surface area contributed by atoms with Gasteiger partial charge in [0.05, 0.1) is 11.9 Å². The van der Waals surface area contributed by atoms with Gasteiger partial charge in [0, 0.05) is 18.7 Å². The van der Waals surface area contributed by atoms with Gasteiger partial charge < -0.3 is 5.32 Å². The highest BCUT2D eigenvalue weighted by atomic mass is 32.2. The predicted octanol–water partition coefficient (Wildman–Crippen LogP) is 3.84. The van der Waals surface area contributed by atoms with E-state index in [1.165, 1.54) is 21.9 Å². The number of carbonyl (C=O) groups is 1. The highest BCUT2D eigenvalue weighted by molar-refractivity contribution is 8.01. The van der Waals surface area contributed by atoms with Gasteiger partial charge >= 0.3 is 0 Å². The van der Waals surface area contributed by atoms with Crippen molar-refractivity contribution < 1.29 is 13.2 Å². The first-order chi connectivity index (χ1) is 13.2.